The number of aliphatic carboxylic acids is 7. The van der Waals surface area contributed by atoms with Crippen molar-refractivity contribution in [2.24, 2.45) is 0 Å². The van der Waals surface area contributed by atoms with Crippen LogP contribution in [0.25, 0.3) is 0 Å². The monoisotopic (exact) mass is 1540 g/mol. The summed E-state index contributed by atoms with van der Waals surface area (Å²) in [5.41, 5.74) is 0. The molecule has 21 aliphatic rings. The fourth-order valence-corrected chi connectivity index (χ4v) is 12.5. The van der Waals surface area contributed by atoms with Crippen LogP contribution in [0.2, 0.25) is 0 Å². The molecule has 105 heavy (non-hydrogen) atoms. The number of hydrogen-bond donors (Lipinski definition) is 21. The van der Waals surface area contributed by atoms with Crippen molar-refractivity contribution in [3.05, 3.63) is 0 Å². The van der Waals surface area contributed by atoms with Crippen molar-refractivity contribution in [2.45, 2.75) is 215 Å². The lowest BCUT2D eigenvalue weighted by Crippen LogP contribution is -2.69. The average Bonchev–Trinajstić information content (AvgIpc) is 0.782. The Morgan fingerprint density at radius 1 is 0.219 bits per heavy atom. The number of carbonyl (C=O) groups is 7. The van der Waals surface area contributed by atoms with Gasteiger partial charge in [-0.3, -0.25) is 0 Å². The van der Waals surface area contributed by atoms with Gasteiger partial charge in [-0.05, 0) is 0 Å². The molecule has 21 fully saturated rings. The maximum absolute atomic E-state index is 12.1. The van der Waals surface area contributed by atoms with E-state index in [9.17, 15) is 141 Å². The Kier molecular flexibility index (Phi) is 31.8. The van der Waals surface area contributed by atoms with Crippen LogP contribution in [-0.4, -0.2) is 456 Å². The minimum atomic E-state index is -2.48. The zero-order chi connectivity index (χ0) is 77.0. The van der Waals surface area contributed by atoms with E-state index in [0.29, 0.717) is 0 Å². The van der Waals surface area contributed by atoms with E-state index >= 15 is 0 Å². The Morgan fingerprint density at radius 2 is 0.390 bits per heavy atom. The van der Waals surface area contributed by atoms with Crippen molar-refractivity contribution in [2.75, 3.05) is 92.5 Å². The zero-order valence-electron chi connectivity index (χ0n) is 54.4. The first-order valence-electron chi connectivity index (χ1n) is 31.9. The summed E-state index contributed by atoms with van der Waals surface area (Å²) in [5.74, 6) is -11.8. The molecule has 21 saturated heterocycles. The Morgan fingerprint density at radius 3 is 0.571 bits per heavy atom. The highest BCUT2D eigenvalue weighted by Crippen LogP contribution is 2.41. The molecule has 0 aromatic heterocycles. The van der Waals surface area contributed by atoms with Gasteiger partial charge in [0.15, 0.2) is 44.0 Å². The van der Waals surface area contributed by atoms with Gasteiger partial charge in [-0.15, -0.1) is 0 Å². The molecule has 21 rings (SSSR count). The van der Waals surface area contributed by atoms with Crippen LogP contribution in [0.1, 0.15) is 0 Å². The average molecular weight is 1540 g/mol. The number of carboxylic acids is 7. The van der Waals surface area contributed by atoms with Crippen molar-refractivity contribution in [3.63, 3.8) is 0 Å². The largest absolute Gasteiger partial charge is 0.480 e. The number of carboxylic acid groups (broad SMARTS) is 7. The quantitative estimate of drug-likeness (QED) is 0.0346. The van der Waals surface area contributed by atoms with Crippen molar-refractivity contribution < 1.29 is 240 Å². The fourth-order valence-electron chi connectivity index (χ4n) is 12.5. The fraction of sp³-hybridized carbons (Fsp3) is 0.875. The summed E-state index contributed by atoms with van der Waals surface area (Å²) in [6.45, 7) is -16.8. The molecule has 49 nitrogen and oxygen atoms in total. The van der Waals surface area contributed by atoms with Gasteiger partial charge in [0.1, 0.15) is 217 Å². The van der Waals surface area contributed by atoms with Crippen molar-refractivity contribution >= 4 is 41.8 Å². The van der Waals surface area contributed by atoms with Gasteiger partial charge in [-0.2, -0.15) is 0 Å². The van der Waals surface area contributed by atoms with E-state index in [1.807, 2.05) is 0 Å². The molecule has 0 aromatic rings. The van der Waals surface area contributed by atoms with Crippen molar-refractivity contribution in [3.8, 4) is 0 Å². The van der Waals surface area contributed by atoms with Gasteiger partial charge in [-0.1, -0.05) is 0 Å². The van der Waals surface area contributed by atoms with E-state index in [0.717, 1.165) is 0 Å². The summed E-state index contributed by atoms with van der Waals surface area (Å²) in [6, 6.07) is 0. The van der Waals surface area contributed by atoms with E-state index in [1.165, 1.54) is 0 Å². The first-order chi connectivity index (χ1) is 49.8. The second kappa shape index (κ2) is 39.0. The maximum atomic E-state index is 12.1. The third kappa shape index (κ3) is 21.3. The summed E-state index contributed by atoms with van der Waals surface area (Å²) in [6.07, 6.45) is -78.6. The number of hydrogen-bond acceptors (Lipinski definition) is 42. The second-order valence-corrected chi connectivity index (χ2v) is 24.5. The lowest BCUT2D eigenvalue weighted by molar-refractivity contribution is -0.400. The number of aliphatic hydroxyl groups excluding tert-OH is 14. The molecule has 35 atom stereocenters. The highest BCUT2D eigenvalue weighted by molar-refractivity contribution is 5.70. The summed E-state index contributed by atoms with van der Waals surface area (Å²) in [5, 5.41) is 231. The predicted octanol–water partition coefficient (Wildman–Crippen LogP) is -14.5. The van der Waals surface area contributed by atoms with Gasteiger partial charge in [0.2, 0.25) is 0 Å². The molecule has 21 N–H and O–H groups in total. The van der Waals surface area contributed by atoms with E-state index in [-0.39, 0.29) is 0 Å². The van der Waals surface area contributed by atoms with Crippen LogP contribution in [-0.2, 0) is 133 Å². The molecule has 49 heteroatoms. The lowest BCUT2D eigenvalue weighted by atomic mass is 9.94. The molecule has 14 bridgehead atoms. The predicted molar refractivity (Wildman–Crippen MR) is 308 cm³/mol. The molecule has 21 heterocycles. The highest BCUT2D eigenvalue weighted by atomic mass is 16.8. The Labute approximate surface area is 588 Å². The molecule has 0 spiro atoms. The van der Waals surface area contributed by atoms with Crippen LogP contribution in [0.5, 0.6) is 0 Å². The van der Waals surface area contributed by atoms with Gasteiger partial charge in [0, 0.05) is 0 Å². The third-order valence-corrected chi connectivity index (χ3v) is 17.3. The molecule has 21 aliphatic heterocycles. The van der Waals surface area contributed by atoms with Crippen LogP contribution in [0.15, 0.2) is 0 Å². The van der Waals surface area contributed by atoms with Crippen LogP contribution in [0.3, 0.4) is 0 Å². The number of rotatable bonds is 28. The van der Waals surface area contributed by atoms with Crippen LogP contribution in [0.4, 0.5) is 0 Å². The van der Waals surface area contributed by atoms with Gasteiger partial charge < -0.3 is 207 Å². The summed E-state index contributed by atoms with van der Waals surface area (Å²) >= 11 is 0. The molecule has 602 valence electrons. The Bertz CT molecular complexity index is 2760. The maximum Gasteiger partial charge on any atom is 0.329 e. The van der Waals surface area contributed by atoms with Gasteiger partial charge in [-0.25, -0.2) is 33.6 Å². The van der Waals surface area contributed by atoms with E-state index in [2.05, 4.69) is 0 Å². The number of aliphatic hydroxyl groups is 14. The van der Waals surface area contributed by atoms with Crippen LogP contribution < -0.4 is 0 Å². The van der Waals surface area contributed by atoms with Crippen LogP contribution in [0, 0.1) is 0 Å². The van der Waals surface area contributed by atoms with Gasteiger partial charge in [0.05, 0.1) is 46.2 Å². The Balaban J connectivity index is 1.23. The first kappa shape index (κ1) is 85.5. The molecule has 0 saturated carbocycles. The van der Waals surface area contributed by atoms with E-state index in [1.54, 1.807) is 0 Å². The first-order valence-corrected chi connectivity index (χ1v) is 31.9. The molecular formula is C56H84O49. The minimum absolute atomic E-state index is 0.993. The smallest absolute Gasteiger partial charge is 0.329 e. The molecule has 0 amide bonds. The summed E-state index contributed by atoms with van der Waals surface area (Å²) in [7, 11) is 0. The third-order valence-electron chi connectivity index (χ3n) is 17.3. The van der Waals surface area contributed by atoms with Crippen molar-refractivity contribution in [1.82, 2.24) is 0 Å². The Hall–Kier alpha value is -5.11. The van der Waals surface area contributed by atoms with Crippen LogP contribution >= 0.6 is 0 Å². The van der Waals surface area contributed by atoms with E-state index in [4.69, 9.17) is 99.5 Å². The summed E-state index contributed by atoms with van der Waals surface area (Å²) in [4.78, 5) is 83.5. The summed E-state index contributed by atoms with van der Waals surface area (Å²) < 4.78 is 121. The highest BCUT2D eigenvalue weighted by Gasteiger charge is 2.61. The topological polar surface area (TPSA) is 738 Å². The normalized spacial score (nSPS) is 43.5. The van der Waals surface area contributed by atoms with Gasteiger partial charge >= 0.3 is 41.8 Å². The van der Waals surface area contributed by atoms with Crippen molar-refractivity contribution in [1.29, 1.82) is 0 Å². The molecule has 0 unspecified atom stereocenters. The SMILES string of the molecule is O=C(O)COC[C@H]1O[C@@H]2O[C@H]3[C@H](O)[C@@H](O)[C@@H](O[C@H]4[C@H](O)[C@@H](O)[C@@H](O[C@H]5[C@H](OCC(=O)O)[C@@H](O)[C@@H](O[C@H]6[C@H](OCC(=O)O)[C@@H](O)[C@@H](O[C@H]7[C@H](OCC(=O)O)[C@@H](O)[C@@H](O[C@H]8[C@@H](OCC(=O)O)[C@H](O)[C@@H](O[C@H]1[C@H](O)[C@H]2O)O[C@@H]8CO)O[C@@H]7CO)O[C@@H]6CO)O[C@@H]5CO)O[C@@H]4COCC(=O)O)O[C@@H]3COCC(=O)O. The minimum Gasteiger partial charge on any atom is -0.480 e. The molecule has 0 aromatic carbocycles. The van der Waals surface area contributed by atoms with Gasteiger partial charge in [0.25, 0.3) is 0 Å². The zero-order valence-corrected chi connectivity index (χ0v) is 54.4. The van der Waals surface area contributed by atoms with E-state index < -0.39 is 349 Å². The second-order valence-electron chi connectivity index (χ2n) is 24.5. The molecule has 0 radical (unpaired) electrons. The standard InChI is InChI=1S/C56H84O49/c57-1-15-42-47(89-12-26(69)70)36(82)54(93-15)104-44-17(3-59)95-56(38(84)49(44)91-14-28(73)74)105-45-18(4-60)94-55(37(83)48(45)90-13-27(71)72)103-43-16(2-58)92-53(35(81)46(43)88-11-25(67)68)101-41-21(7-87-10-24(65)66)97-51(33(79)30(41)76)99-39-19(5-85-8-22(61)62)96-50(32(78)29(39)75)100-40-20(6-86-9-23(63)64)98-52(102-42)34(80)31(40)77/h15-21,29-60,75-84H,1-14H2,(H,61,62)(H,63,64)(H,65,66)(H,67,68)(H,69,70)(H,71,72)(H,73,74)/t15-,16-,17-,18-,19-,20-,21-,29-,30-,31-,32-,33-,34-,35+,36-,37-,38-,39-,40-,41-,42-,43-,44-,45-,46+,47-,48-,49-,50-,51-,52-,53-,54-,55-,56-/m1/s1. The number of ether oxygens (including phenoxy) is 21. The lowest BCUT2D eigenvalue weighted by Gasteiger charge is -2.51. The molecular weight excluding hydrogens is 1460 g/mol. The molecule has 0 aliphatic carbocycles.